The second-order valence-electron chi connectivity index (χ2n) is 4.46. The highest BCUT2D eigenvalue weighted by molar-refractivity contribution is 6.14. The van der Waals surface area contributed by atoms with Crippen LogP contribution in [0.4, 0.5) is 0 Å². The van der Waals surface area contributed by atoms with E-state index in [9.17, 15) is 9.90 Å². The Labute approximate surface area is 101 Å². The van der Waals surface area contributed by atoms with E-state index in [2.05, 4.69) is 4.74 Å². The molecule has 0 aliphatic heterocycles. The number of ether oxygens (including phenoxy) is 1. The summed E-state index contributed by atoms with van der Waals surface area (Å²) in [4.78, 5) is 11.6. The highest BCUT2D eigenvalue weighted by Gasteiger charge is 2.35. The lowest BCUT2D eigenvalue weighted by Crippen LogP contribution is -2.34. The van der Waals surface area contributed by atoms with Gasteiger partial charge in [0.25, 0.3) is 0 Å². The second-order valence-corrected chi connectivity index (χ2v) is 4.46. The van der Waals surface area contributed by atoms with Crippen molar-refractivity contribution in [1.29, 1.82) is 5.41 Å². The number of hydrogen-bond acceptors (Lipinski definition) is 4. The van der Waals surface area contributed by atoms with E-state index in [1.54, 1.807) is 39.0 Å². The summed E-state index contributed by atoms with van der Waals surface area (Å²) < 4.78 is 4.67. The number of para-hydroxylation sites is 1. The standard InChI is InChI=1S/C13H17NO3/c1-8-6-5-7-9(10(8)15)11(14)13(2,3)12(16)17-4/h5-7,14-15H,1-4H3. The number of hydrogen-bond donors (Lipinski definition) is 2. The van der Waals surface area contributed by atoms with E-state index >= 15 is 0 Å². The van der Waals surface area contributed by atoms with Crippen molar-refractivity contribution in [1.82, 2.24) is 0 Å². The summed E-state index contributed by atoms with van der Waals surface area (Å²) in [6.07, 6.45) is 0. The molecule has 4 nitrogen and oxygen atoms in total. The Hall–Kier alpha value is -1.84. The molecule has 0 saturated heterocycles. The van der Waals surface area contributed by atoms with Gasteiger partial charge in [-0.1, -0.05) is 12.1 Å². The van der Waals surface area contributed by atoms with E-state index in [1.807, 2.05) is 0 Å². The van der Waals surface area contributed by atoms with Gasteiger partial charge in [0.15, 0.2) is 0 Å². The summed E-state index contributed by atoms with van der Waals surface area (Å²) >= 11 is 0. The molecule has 1 rings (SSSR count). The van der Waals surface area contributed by atoms with Gasteiger partial charge in [-0.2, -0.15) is 0 Å². The van der Waals surface area contributed by atoms with Crippen LogP contribution < -0.4 is 0 Å². The number of phenolic OH excluding ortho intramolecular Hbond substituents is 1. The van der Waals surface area contributed by atoms with Crippen molar-refractivity contribution in [3.05, 3.63) is 29.3 Å². The Bertz CT molecular complexity index is 464. The van der Waals surface area contributed by atoms with E-state index in [4.69, 9.17) is 5.41 Å². The molecular formula is C13H17NO3. The van der Waals surface area contributed by atoms with Gasteiger partial charge in [-0.25, -0.2) is 0 Å². The number of rotatable bonds is 3. The molecule has 0 heterocycles. The number of methoxy groups -OCH3 is 1. The highest BCUT2D eigenvalue weighted by atomic mass is 16.5. The number of phenols is 1. The van der Waals surface area contributed by atoms with Crippen LogP contribution in [0.3, 0.4) is 0 Å². The SMILES string of the molecule is COC(=O)C(C)(C)C(=N)c1cccc(C)c1O. The van der Waals surface area contributed by atoms with Gasteiger partial charge in [0.1, 0.15) is 11.2 Å². The van der Waals surface area contributed by atoms with Crippen LogP contribution in [0.5, 0.6) is 5.75 Å². The van der Waals surface area contributed by atoms with Gasteiger partial charge in [0, 0.05) is 5.56 Å². The topological polar surface area (TPSA) is 70.4 Å². The number of carbonyl (C=O) groups excluding carboxylic acids is 1. The first-order valence-electron chi connectivity index (χ1n) is 5.28. The summed E-state index contributed by atoms with van der Waals surface area (Å²) in [5, 5.41) is 17.9. The smallest absolute Gasteiger partial charge is 0.317 e. The summed E-state index contributed by atoms with van der Waals surface area (Å²) in [6.45, 7) is 4.95. The third kappa shape index (κ3) is 2.30. The van der Waals surface area contributed by atoms with E-state index in [1.165, 1.54) is 7.11 Å². The maximum absolute atomic E-state index is 11.6. The molecule has 0 atom stereocenters. The van der Waals surface area contributed by atoms with Crippen LogP contribution in [-0.4, -0.2) is 23.9 Å². The summed E-state index contributed by atoms with van der Waals surface area (Å²) in [7, 11) is 1.29. The average Bonchev–Trinajstić information content (AvgIpc) is 2.30. The van der Waals surface area contributed by atoms with Crippen LogP contribution in [0, 0.1) is 17.7 Å². The molecule has 0 amide bonds. The molecule has 4 heteroatoms. The molecule has 0 aliphatic rings. The first-order chi connectivity index (χ1) is 7.82. The van der Waals surface area contributed by atoms with Gasteiger partial charge in [-0.05, 0) is 32.4 Å². The minimum absolute atomic E-state index is 0.0366. The molecule has 0 radical (unpaired) electrons. The molecule has 0 aliphatic carbocycles. The third-order valence-electron chi connectivity index (χ3n) is 2.83. The summed E-state index contributed by atoms with van der Waals surface area (Å²) in [5.74, 6) is -0.460. The molecular weight excluding hydrogens is 218 g/mol. The molecule has 92 valence electrons. The fraction of sp³-hybridized carbons (Fsp3) is 0.385. The largest absolute Gasteiger partial charge is 0.507 e. The lowest BCUT2D eigenvalue weighted by molar-refractivity contribution is -0.146. The van der Waals surface area contributed by atoms with Crippen molar-refractivity contribution in [3.8, 4) is 5.75 Å². The monoisotopic (exact) mass is 235 g/mol. The summed E-state index contributed by atoms with van der Waals surface area (Å²) in [5.41, 5.74) is -0.00103. The maximum Gasteiger partial charge on any atom is 0.317 e. The molecule has 0 aromatic heterocycles. The van der Waals surface area contributed by atoms with Crippen molar-refractivity contribution < 1.29 is 14.6 Å². The molecule has 1 aromatic rings. The van der Waals surface area contributed by atoms with Crippen molar-refractivity contribution in [2.45, 2.75) is 20.8 Å². The first-order valence-corrected chi connectivity index (χ1v) is 5.28. The van der Waals surface area contributed by atoms with Crippen LogP contribution in [0.15, 0.2) is 18.2 Å². The molecule has 0 saturated carbocycles. The number of carbonyl (C=O) groups is 1. The molecule has 0 unspecified atom stereocenters. The Kier molecular flexibility index (Phi) is 3.56. The van der Waals surface area contributed by atoms with Gasteiger partial charge >= 0.3 is 5.97 Å². The minimum Gasteiger partial charge on any atom is -0.507 e. The predicted molar refractivity (Wildman–Crippen MR) is 65.5 cm³/mol. The van der Waals surface area contributed by atoms with Gasteiger partial charge in [0.2, 0.25) is 0 Å². The quantitative estimate of drug-likeness (QED) is 0.623. The van der Waals surface area contributed by atoms with E-state index < -0.39 is 11.4 Å². The first kappa shape index (κ1) is 13.2. The Morgan fingerprint density at radius 1 is 1.41 bits per heavy atom. The van der Waals surface area contributed by atoms with Gasteiger partial charge in [-0.3, -0.25) is 4.79 Å². The minimum atomic E-state index is -1.08. The summed E-state index contributed by atoms with van der Waals surface area (Å²) in [6, 6.07) is 5.11. The van der Waals surface area contributed by atoms with Crippen LogP contribution in [-0.2, 0) is 9.53 Å². The number of aromatic hydroxyl groups is 1. The Morgan fingerprint density at radius 2 is 2.00 bits per heavy atom. The lowest BCUT2D eigenvalue weighted by atomic mass is 9.83. The number of aryl methyl sites for hydroxylation is 1. The number of nitrogens with one attached hydrogen (secondary N) is 1. The van der Waals surface area contributed by atoms with E-state index in [0.717, 1.165) is 0 Å². The lowest BCUT2D eigenvalue weighted by Gasteiger charge is -2.23. The van der Waals surface area contributed by atoms with Crippen molar-refractivity contribution >= 4 is 11.7 Å². The molecule has 17 heavy (non-hydrogen) atoms. The van der Waals surface area contributed by atoms with E-state index in [0.29, 0.717) is 11.1 Å². The molecule has 0 fully saturated rings. The third-order valence-corrected chi connectivity index (χ3v) is 2.83. The van der Waals surface area contributed by atoms with Gasteiger partial charge < -0.3 is 15.3 Å². The number of benzene rings is 1. The number of esters is 1. The zero-order chi connectivity index (χ0) is 13.2. The molecule has 1 aromatic carbocycles. The molecule has 0 spiro atoms. The molecule has 0 bridgehead atoms. The van der Waals surface area contributed by atoms with Crippen LogP contribution >= 0.6 is 0 Å². The molecule has 2 N–H and O–H groups in total. The second kappa shape index (κ2) is 4.57. The van der Waals surface area contributed by atoms with Crippen LogP contribution in [0.2, 0.25) is 0 Å². The van der Waals surface area contributed by atoms with Crippen molar-refractivity contribution in [2.75, 3.05) is 7.11 Å². The van der Waals surface area contributed by atoms with Gasteiger partial charge in [-0.15, -0.1) is 0 Å². The average molecular weight is 235 g/mol. The van der Waals surface area contributed by atoms with Crippen LogP contribution in [0.25, 0.3) is 0 Å². The van der Waals surface area contributed by atoms with Crippen LogP contribution in [0.1, 0.15) is 25.0 Å². The highest BCUT2D eigenvalue weighted by Crippen LogP contribution is 2.30. The fourth-order valence-corrected chi connectivity index (χ4v) is 1.55. The van der Waals surface area contributed by atoms with Gasteiger partial charge in [0.05, 0.1) is 12.8 Å². The van der Waals surface area contributed by atoms with Crippen molar-refractivity contribution in [3.63, 3.8) is 0 Å². The predicted octanol–water partition coefficient (Wildman–Crippen LogP) is 2.27. The zero-order valence-electron chi connectivity index (χ0n) is 10.5. The zero-order valence-corrected chi connectivity index (χ0v) is 10.5. The Balaban J connectivity index is 3.22. The maximum atomic E-state index is 11.6. The van der Waals surface area contributed by atoms with Crippen molar-refractivity contribution in [2.24, 2.45) is 5.41 Å². The Morgan fingerprint density at radius 3 is 2.53 bits per heavy atom. The fourth-order valence-electron chi connectivity index (χ4n) is 1.55. The normalized spacial score (nSPS) is 11.1. The van der Waals surface area contributed by atoms with E-state index in [-0.39, 0.29) is 11.5 Å².